The predicted molar refractivity (Wildman–Crippen MR) is 207 cm³/mol. The molecule has 2 aliphatic heterocycles. The molecule has 0 radical (unpaired) electrons. The summed E-state index contributed by atoms with van der Waals surface area (Å²) >= 11 is 14.7. The van der Waals surface area contributed by atoms with Crippen molar-refractivity contribution in [3.8, 4) is 17.2 Å². The first-order valence-corrected chi connectivity index (χ1v) is 19.1. The van der Waals surface area contributed by atoms with Crippen LogP contribution in [0.15, 0.2) is 96.6 Å². The van der Waals surface area contributed by atoms with Crippen LogP contribution in [0.2, 0.25) is 10.0 Å². The lowest BCUT2D eigenvalue weighted by Gasteiger charge is -2.50. The number of ether oxygens (including phenoxy) is 2. The van der Waals surface area contributed by atoms with Gasteiger partial charge in [0, 0.05) is 20.1 Å². The van der Waals surface area contributed by atoms with E-state index in [0.29, 0.717) is 22.0 Å². The van der Waals surface area contributed by atoms with E-state index in [1.54, 1.807) is 54.6 Å². The molecule has 0 spiro atoms. The number of benzene rings is 4. The molecule has 3 fully saturated rings. The van der Waals surface area contributed by atoms with Gasteiger partial charge in [-0.25, -0.2) is 0 Å². The van der Waals surface area contributed by atoms with Crippen molar-refractivity contribution in [3.63, 3.8) is 0 Å². The molecule has 10 nitrogen and oxygen atoms in total. The van der Waals surface area contributed by atoms with E-state index >= 15 is 4.79 Å². The number of phenols is 1. The summed E-state index contributed by atoms with van der Waals surface area (Å²) in [7, 11) is 1.45. The number of hydrazine groups is 1. The molecule has 4 amide bonds. The maximum absolute atomic E-state index is 15.4. The SMILES string of the molecule is COc1ccc(C23C(=O)N(Nc4ccc(Cl)cc4Cl)C(=O)C2CC2C(=CCC4C(=O)N(c5ccc(I)cc5)C(=O)C42)C3c2cc(OC(F)(F)F)ccc2O)cc1. The second-order valence-electron chi connectivity index (χ2n) is 14.0. The van der Waals surface area contributed by atoms with Crippen LogP contribution < -0.4 is 19.8 Å². The molecule has 16 heteroatoms. The number of alkyl halides is 3. The average Bonchev–Trinajstić information content (AvgIpc) is 3.54. The number of carbonyl (C=O) groups is 4. The van der Waals surface area contributed by atoms with E-state index in [4.69, 9.17) is 27.9 Å². The van der Waals surface area contributed by atoms with Gasteiger partial charge in [-0.2, -0.15) is 5.01 Å². The molecule has 8 rings (SSSR count). The molecular weight excluding hydrogens is 889 g/mol. The number of nitrogens with zero attached hydrogens (tertiary/aromatic N) is 2. The van der Waals surface area contributed by atoms with Gasteiger partial charge < -0.3 is 14.6 Å². The number of anilines is 2. The Kier molecular flexibility index (Phi) is 9.52. The molecule has 56 heavy (non-hydrogen) atoms. The third-order valence-electron chi connectivity index (χ3n) is 11.2. The van der Waals surface area contributed by atoms with E-state index in [-0.39, 0.29) is 34.7 Å². The van der Waals surface area contributed by atoms with Crippen molar-refractivity contribution < 1.29 is 46.9 Å². The number of halogens is 6. The zero-order valence-electron chi connectivity index (χ0n) is 29.0. The Hall–Kier alpha value is -4.80. The highest BCUT2D eigenvalue weighted by molar-refractivity contribution is 14.1. The Labute approximate surface area is 341 Å². The normalized spacial score (nSPS) is 25.8. The lowest BCUT2D eigenvalue weighted by atomic mass is 9.49. The van der Waals surface area contributed by atoms with Gasteiger partial charge in [0.2, 0.25) is 11.8 Å². The number of rotatable bonds is 7. The number of aromatic hydroxyl groups is 1. The van der Waals surface area contributed by atoms with Gasteiger partial charge in [0.1, 0.15) is 17.2 Å². The lowest BCUT2D eigenvalue weighted by molar-refractivity contribution is -0.274. The number of carbonyl (C=O) groups excluding carboxylic acids is 4. The fourth-order valence-electron chi connectivity index (χ4n) is 8.99. The van der Waals surface area contributed by atoms with Crippen LogP contribution in [-0.4, -0.2) is 47.2 Å². The maximum atomic E-state index is 15.4. The molecule has 0 bridgehead atoms. The lowest BCUT2D eigenvalue weighted by Crippen LogP contribution is -2.53. The maximum Gasteiger partial charge on any atom is 0.573 e. The van der Waals surface area contributed by atoms with Gasteiger partial charge in [0.05, 0.1) is 46.7 Å². The van der Waals surface area contributed by atoms with Crippen LogP contribution in [0.3, 0.4) is 0 Å². The highest BCUT2D eigenvalue weighted by Crippen LogP contribution is 2.65. The molecule has 2 saturated heterocycles. The monoisotopic (exact) mass is 917 g/mol. The Morgan fingerprint density at radius 2 is 1.57 bits per heavy atom. The van der Waals surface area contributed by atoms with Gasteiger partial charge >= 0.3 is 6.36 Å². The van der Waals surface area contributed by atoms with E-state index in [1.165, 1.54) is 25.3 Å². The highest BCUT2D eigenvalue weighted by atomic mass is 127. The first-order chi connectivity index (χ1) is 26.6. The summed E-state index contributed by atoms with van der Waals surface area (Å²) in [4.78, 5) is 60.0. The third-order valence-corrected chi connectivity index (χ3v) is 12.5. The number of allylic oxidation sites excluding steroid dienone is 2. The van der Waals surface area contributed by atoms with Gasteiger partial charge in [-0.15, -0.1) is 13.2 Å². The largest absolute Gasteiger partial charge is 0.573 e. The summed E-state index contributed by atoms with van der Waals surface area (Å²) in [5, 5.41) is 12.8. The number of hydrogen-bond acceptors (Lipinski definition) is 8. The average molecular weight is 918 g/mol. The fourth-order valence-corrected chi connectivity index (χ4v) is 9.80. The van der Waals surface area contributed by atoms with Crippen molar-refractivity contribution in [1.82, 2.24) is 5.01 Å². The van der Waals surface area contributed by atoms with Gasteiger partial charge in [0.25, 0.3) is 11.8 Å². The number of nitrogens with one attached hydrogen (secondary N) is 1. The molecule has 0 aromatic heterocycles. The zero-order chi connectivity index (χ0) is 39.8. The summed E-state index contributed by atoms with van der Waals surface area (Å²) in [6.45, 7) is 0. The Bertz CT molecular complexity index is 2340. The minimum atomic E-state index is -5.11. The molecule has 2 aliphatic carbocycles. The summed E-state index contributed by atoms with van der Waals surface area (Å²) in [6.07, 6.45) is -3.44. The summed E-state index contributed by atoms with van der Waals surface area (Å²) in [6, 6.07) is 20.5. The second kappa shape index (κ2) is 14.0. The van der Waals surface area contributed by atoms with E-state index in [2.05, 4.69) is 32.8 Å². The minimum absolute atomic E-state index is 0.0474. The molecule has 1 saturated carbocycles. The van der Waals surface area contributed by atoms with Crippen molar-refractivity contribution in [2.24, 2.45) is 23.7 Å². The molecule has 6 atom stereocenters. The molecule has 2 N–H and O–H groups in total. The number of amides is 4. The van der Waals surface area contributed by atoms with Crippen molar-refractivity contribution in [3.05, 3.63) is 121 Å². The Morgan fingerprint density at radius 1 is 0.875 bits per heavy atom. The van der Waals surface area contributed by atoms with Crippen LogP contribution >= 0.6 is 45.8 Å². The number of imide groups is 2. The van der Waals surface area contributed by atoms with Crippen LogP contribution in [0.1, 0.15) is 29.9 Å². The smallest absolute Gasteiger partial charge is 0.508 e. The van der Waals surface area contributed by atoms with Crippen LogP contribution in [0.4, 0.5) is 24.5 Å². The van der Waals surface area contributed by atoms with Gasteiger partial charge in [-0.1, -0.05) is 47.0 Å². The standard InChI is InChI=1S/C40H29Cl2F3IN3O7/c1-55-23-9-2-19(3-10-23)39-29(36(52)49(38(39)54)47-31-14-4-20(41)16-30(31)42)18-27-25(34(39)28-17-24(11-15-32(28)50)56-40(43,44)45)12-13-26-33(27)37(53)48(35(26)51)22-7-5-21(46)6-8-22/h2-12,14-17,26-27,29,33-34,47,50H,13,18H2,1H3. The molecule has 2 heterocycles. The van der Waals surface area contributed by atoms with Gasteiger partial charge in [-0.3, -0.25) is 29.5 Å². The Balaban J connectivity index is 1.35. The highest BCUT2D eigenvalue weighted by Gasteiger charge is 2.70. The first kappa shape index (κ1) is 38.1. The van der Waals surface area contributed by atoms with Gasteiger partial charge in [0.15, 0.2) is 0 Å². The fraction of sp³-hybridized carbons (Fsp3) is 0.250. The quantitative estimate of drug-likeness (QED) is 0.108. The topological polar surface area (TPSA) is 125 Å². The summed E-state index contributed by atoms with van der Waals surface area (Å²) in [5.74, 6) is -8.53. The molecule has 6 unspecified atom stereocenters. The van der Waals surface area contributed by atoms with Crippen molar-refractivity contribution in [2.75, 3.05) is 17.4 Å². The van der Waals surface area contributed by atoms with Crippen molar-refractivity contribution in [2.45, 2.75) is 30.5 Å². The van der Waals surface area contributed by atoms with Crippen LogP contribution in [0.25, 0.3) is 0 Å². The first-order valence-electron chi connectivity index (χ1n) is 17.3. The predicted octanol–water partition coefficient (Wildman–Crippen LogP) is 8.40. The van der Waals surface area contributed by atoms with E-state index in [0.717, 1.165) is 31.7 Å². The van der Waals surface area contributed by atoms with Crippen molar-refractivity contribution in [1.29, 1.82) is 0 Å². The second-order valence-corrected chi connectivity index (χ2v) is 16.1. The van der Waals surface area contributed by atoms with Gasteiger partial charge in [-0.05, 0) is 120 Å². The van der Waals surface area contributed by atoms with Crippen molar-refractivity contribution >= 4 is 80.8 Å². The zero-order valence-corrected chi connectivity index (χ0v) is 32.7. The molecule has 4 aromatic carbocycles. The van der Waals surface area contributed by atoms with Crippen LogP contribution in [-0.2, 0) is 24.6 Å². The number of hydrogen-bond donors (Lipinski definition) is 2. The van der Waals surface area contributed by atoms with E-state index < -0.39 is 76.5 Å². The number of methoxy groups -OCH3 is 1. The Morgan fingerprint density at radius 3 is 2.23 bits per heavy atom. The van der Waals surface area contributed by atoms with E-state index in [9.17, 15) is 32.7 Å². The van der Waals surface area contributed by atoms with Crippen LogP contribution in [0.5, 0.6) is 17.2 Å². The minimum Gasteiger partial charge on any atom is -0.508 e. The third kappa shape index (κ3) is 6.07. The van der Waals surface area contributed by atoms with E-state index in [1.807, 2.05) is 0 Å². The van der Waals surface area contributed by atoms with Crippen LogP contribution in [0, 0.1) is 27.2 Å². The molecule has 4 aromatic rings. The number of phenolic OH excluding ortho intramolecular Hbond substituents is 1. The number of fused-ring (bicyclic) bond motifs is 4. The molecule has 288 valence electrons. The molecule has 4 aliphatic rings. The summed E-state index contributed by atoms with van der Waals surface area (Å²) < 4.78 is 51.5. The summed E-state index contributed by atoms with van der Waals surface area (Å²) in [5.41, 5.74) is 1.99. The molecular formula is C40H29Cl2F3IN3O7.